The van der Waals surface area contributed by atoms with Gasteiger partial charge in [0.2, 0.25) is 0 Å². The molecule has 1 rings (SSSR count). The molecule has 1 heteroatoms. The van der Waals surface area contributed by atoms with Gasteiger partial charge in [-0.25, -0.2) is 0 Å². The van der Waals surface area contributed by atoms with Crippen molar-refractivity contribution in [2.75, 3.05) is 0 Å². The fraction of sp³-hybridized carbons (Fsp3) is 1.00. The third-order valence-electron chi connectivity index (χ3n) is 3.91. The minimum absolute atomic E-state index is 0.673. The Hall–Kier alpha value is -0.0400. The van der Waals surface area contributed by atoms with Crippen molar-refractivity contribution in [1.29, 1.82) is 0 Å². The monoisotopic (exact) mass is 197 g/mol. The third kappa shape index (κ3) is 3.27. The maximum atomic E-state index is 3.82. The Morgan fingerprint density at radius 3 is 2.36 bits per heavy atom. The molecule has 0 radical (unpaired) electrons. The molecule has 1 aliphatic rings. The van der Waals surface area contributed by atoms with E-state index in [-0.39, 0.29) is 0 Å². The van der Waals surface area contributed by atoms with Crippen LogP contribution < -0.4 is 5.32 Å². The molecule has 3 atom stereocenters. The average Bonchev–Trinajstić information content (AvgIpc) is 2.18. The first-order valence-corrected chi connectivity index (χ1v) is 6.41. The van der Waals surface area contributed by atoms with Crippen LogP contribution >= 0.6 is 0 Å². The Morgan fingerprint density at radius 2 is 1.79 bits per heavy atom. The molecule has 0 saturated heterocycles. The van der Waals surface area contributed by atoms with Crippen LogP contribution in [0.1, 0.15) is 59.8 Å². The SMILES string of the molecule is CCC1CCCCC1NC(C)C(C)C. The van der Waals surface area contributed by atoms with Crippen molar-refractivity contribution in [3.8, 4) is 0 Å². The van der Waals surface area contributed by atoms with E-state index in [2.05, 4.69) is 33.0 Å². The lowest BCUT2D eigenvalue weighted by Crippen LogP contribution is -2.45. The summed E-state index contributed by atoms with van der Waals surface area (Å²) in [7, 11) is 0. The van der Waals surface area contributed by atoms with E-state index in [1.54, 1.807) is 0 Å². The van der Waals surface area contributed by atoms with E-state index >= 15 is 0 Å². The highest BCUT2D eigenvalue weighted by atomic mass is 15.0. The molecule has 0 aliphatic heterocycles. The van der Waals surface area contributed by atoms with Crippen molar-refractivity contribution in [3.05, 3.63) is 0 Å². The van der Waals surface area contributed by atoms with E-state index in [0.29, 0.717) is 6.04 Å². The van der Waals surface area contributed by atoms with E-state index in [0.717, 1.165) is 17.9 Å². The van der Waals surface area contributed by atoms with E-state index in [9.17, 15) is 0 Å². The summed E-state index contributed by atoms with van der Waals surface area (Å²) in [6.45, 7) is 9.28. The molecule has 0 aromatic heterocycles. The molecule has 0 spiro atoms. The van der Waals surface area contributed by atoms with Crippen LogP contribution in [0.3, 0.4) is 0 Å². The van der Waals surface area contributed by atoms with E-state index in [4.69, 9.17) is 0 Å². The largest absolute Gasteiger partial charge is 0.311 e. The molecule has 1 nitrogen and oxygen atoms in total. The summed E-state index contributed by atoms with van der Waals surface area (Å²) in [5.41, 5.74) is 0. The summed E-state index contributed by atoms with van der Waals surface area (Å²) in [5.74, 6) is 1.69. The molecule has 84 valence electrons. The zero-order chi connectivity index (χ0) is 10.6. The van der Waals surface area contributed by atoms with Gasteiger partial charge in [0, 0.05) is 12.1 Å². The second-order valence-electron chi connectivity index (χ2n) is 5.26. The third-order valence-corrected chi connectivity index (χ3v) is 3.91. The molecule has 0 aromatic carbocycles. The maximum Gasteiger partial charge on any atom is 0.00978 e. The molecule has 0 amide bonds. The number of hydrogen-bond donors (Lipinski definition) is 1. The number of nitrogens with one attached hydrogen (secondary N) is 1. The number of rotatable bonds is 4. The quantitative estimate of drug-likeness (QED) is 0.726. The van der Waals surface area contributed by atoms with Crippen molar-refractivity contribution >= 4 is 0 Å². The molecule has 1 aliphatic carbocycles. The summed E-state index contributed by atoms with van der Waals surface area (Å²) in [5, 5.41) is 3.82. The van der Waals surface area contributed by atoms with Gasteiger partial charge in [0.05, 0.1) is 0 Å². The van der Waals surface area contributed by atoms with Crippen molar-refractivity contribution in [2.45, 2.75) is 71.9 Å². The van der Waals surface area contributed by atoms with Gasteiger partial charge in [-0.1, -0.05) is 40.0 Å². The minimum atomic E-state index is 0.673. The van der Waals surface area contributed by atoms with Gasteiger partial charge >= 0.3 is 0 Å². The maximum absolute atomic E-state index is 3.82. The second kappa shape index (κ2) is 5.75. The molecule has 0 bridgehead atoms. The first-order valence-electron chi connectivity index (χ1n) is 6.41. The zero-order valence-corrected chi connectivity index (χ0v) is 10.3. The average molecular weight is 197 g/mol. The highest BCUT2D eigenvalue weighted by Crippen LogP contribution is 2.27. The molecular weight excluding hydrogens is 170 g/mol. The van der Waals surface area contributed by atoms with Crippen molar-refractivity contribution in [1.82, 2.24) is 5.32 Å². The summed E-state index contributed by atoms with van der Waals surface area (Å²) < 4.78 is 0. The predicted octanol–water partition coefficient (Wildman–Crippen LogP) is 3.59. The van der Waals surface area contributed by atoms with E-state index in [1.165, 1.54) is 32.1 Å². The van der Waals surface area contributed by atoms with Gasteiger partial charge in [-0.05, 0) is 31.6 Å². The van der Waals surface area contributed by atoms with Gasteiger partial charge in [0.25, 0.3) is 0 Å². The fourth-order valence-electron chi connectivity index (χ4n) is 2.45. The second-order valence-corrected chi connectivity index (χ2v) is 5.26. The lowest BCUT2D eigenvalue weighted by molar-refractivity contribution is 0.225. The smallest absolute Gasteiger partial charge is 0.00978 e. The topological polar surface area (TPSA) is 12.0 Å². The first kappa shape index (κ1) is 12.0. The Morgan fingerprint density at radius 1 is 1.14 bits per heavy atom. The molecule has 1 fully saturated rings. The number of hydrogen-bond acceptors (Lipinski definition) is 1. The van der Waals surface area contributed by atoms with Gasteiger partial charge < -0.3 is 5.32 Å². The standard InChI is InChI=1S/C13H27N/c1-5-12-8-6-7-9-13(12)14-11(4)10(2)3/h10-14H,5-9H2,1-4H3. The highest BCUT2D eigenvalue weighted by Gasteiger charge is 2.24. The van der Waals surface area contributed by atoms with Crippen LogP contribution in [0.15, 0.2) is 0 Å². The first-order chi connectivity index (χ1) is 6.65. The van der Waals surface area contributed by atoms with Gasteiger partial charge in [0.1, 0.15) is 0 Å². The molecule has 14 heavy (non-hydrogen) atoms. The van der Waals surface area contributed by atoms with Crippen LogP contribution in [0.5, 0.6) is 0 Å². The summed E-state index contributed by atoms with van der Waals surface area (Å²) >= 11 is 0. The Kier molecular flexibility index (Phi) is 4.94. The van der Waals surface area contributed by atoms with Crippen LogP contribution in [0, 0.1) is 11.8 Å². The Balaban J connectivity index is 2.40. The lowest BCUT2D eigenvalue weighted by Gasteiger charge is -2.35. The molecular formula is C13H27N. The fourth-order valence-corrected chi connectivity index (χ4v) is 2.45. The van der Waals surface area contributed by atoms with Crippen LogP contribution in [-0.4, -0.2) is 12.1 Å². The van der Waals surface area contributed by atoms with Crippen LogP contribution in [0.4, 0.5) is 0 Å². The molecule has 0 aromatic rings. The molecule has 1 N–H and O–H groups in total. The van der Waals surface area contributed by atoms with E-state index < -0.39 is 0 Å². The molecule has 0 heterocycles. The Bertz CT molecular complexity index is 153. The Labute approximate surface area is 89.7 Å². The highest BCUT2D eigenvalue weighted by molar-refractivity contribution is 4.82. The van der Waals surface area contributed by atoms with Gasteiger partial charge in [0.15, 0.2) is 0 Å². The van der Waals surface area contributed by atoms with E-state index in [1.807, 2.05) is 0 Å². The normalized spacial score (nSPS) is 30.6. The summed E-state index contributed by atoms with van der Waals surface area (Å²) in [6, 6.07) is 1.47. The van der Waals surface area contributed by atoms with Crippen LogP contribution in [0.25, 0.3) is 0 Å². The van der Waals surface area contributed by atoms with Gasteiger partial charge in [-0.2, -0.15) is 0 Å². The molecule has 1 saturated carbocycles. The van der Waals surface area contributed by atoms with Crippen molar-refractivity contribution in [3.63, 3.8) is 0 Å². The minimum Gasteiger partial charge on any atom is -0.311 e. The van der Waals surface area contributed by atoms with Crippen LogP contribution in [-0.2, 0) is 0 Å². The van der Waals surface area contributed by atoms with Gasteiger partial charge in [-0.3, -0.25) is 0 Å². The van der Waals surface area contributed by atoms with Gasteiger partial charge in [-0.15, -0.1) is 0 Å². The van der Waals surface area contributed by atoms with Crippen molar-refractivity contribution in [2.24, 2.45) is 11.8 Å². The van der Waals surface area contributed by atoms with Crippen molar-refractivity contribution < 1.29 is 0 Å². The lowest BCUT2D eigenvalue weighted by atomic mass is 9.82. The summed E-state index contributed by atoms with van der Waals surface area (Å²) in [6.07, 6.45) is 7.07. The molecule has 3 unspecified atom stereocenters. The predicted molar refractivity (Wildman–Crippen MR) is 63.5 cm³/mol. The summed E-state index contributed by atoms with van der Waals surface area (Å²) in [4.78, 5) is 0. The van der Waals surface area contributed by atoms with Crippen LogP contribution in [0.2, 0.25) is 0 Å². The zero-order valence-electron chi connectivity index (χ0n) is 10.3.